The Bertz CT molecular complexity index is 732. The van der Waals surface area contributed by atoms with Gasteiger partial charge in [0.15, 0.2) is 0 Å². The van der Waals surface area contributed by atoms with E-state index in [1.807, 2.05) is 18.2 Å². The zero-order chi connectivity index (χ0) is 16.1. The molecule has 1 aromatic carbocycles. The van der Waals surface area contributed by atoms with E-state index in [0.29, 0.717) is 17.4 Å². The summed E-state index contributed by atoms with van der Waals surface area (Å²) < 4.78 is 1.59. The number of nitrogens with one attached hydrogen (secondary N) is 1. The standard InChI is InChI=1S/C18H23N3O2/c22-17-12-20-21(16-10-4-3-9-15(16)17)13-18(23)19-11-5-8-14-6-1-2-7-14/h3-4,9-10,12,14H,1-2,5-8,11,13H2,(H,19,23). The second-order valence-corrected chi connectivity index (χ2v) is 6.33. The van der Waals surface area contributed by atoms with E-state index in [-0.39, 0.29) is 17.9 Å². The lowest BCUT2D eigenvalue weighted by Gasteiger charge is -2.11. The minimum Gasteiger partial charge on any atom is -0.354 e. The maximum Gasteiger partial charge on any atom is 0.241 e. The Kier molecular flexibility index (Phi) is 5.05. The van der Waals surface area contributed by atoms with E-state index < -0.39 is 0 Å². The van der Waals surface area contributed by atoms with Gasteiger partial charge in [0.05, 0.1) is 11.7 Å². The van der Waals surface area contributed by atoms with E-state index in [1.165, 1.54) is 38.3 Å². The highest BCUT2D eigenvalue weighted by atomic mass is 16.2. The first kappa shape index (κ1) is 15.7. The van der Waals surface area contributed by atoms with Gasteiger partial charge in [-0.05, 0) is 30.9 Å². The molecule has 0 radical (unpaired) electrons. The molecule has 0 unspecified atom stereocenters. The molecule has 0 aliphatic heterocycles. The minimum atomic E-state index is -0.117. The first-order chi connectivity index (χ1) is 11.2. The number of nitrogens with zero attached hydrogens (tertiary/aromatic N) is 2. The number of para-hydroxylation sites is 1. The molecule has 1 amide bonds. The zero-order valence-corrected chi connectivity index (χ0v) is 13.3. The third-order valence-electron chi connectivity index (χ3n) is 4.64. The van der Waals surface area contributed by atoms with Gasteiger partial charge >= 0.3 is 0 Å². The lowest BCUT2D eigenvalue weighted by atomic mass is 10.0. The van der Waals surface area contributed by atoms with Crippen molar-refractivity contribution in [2.24, 2.45) is 5.92 Å². The van der Waals surface area contributed by atoms with Crippen molar-refractivity contribution in [2.45, 2.75) is 45.1 Å². The SMILES string of the molecule is O=C(Cn1ncc(=O)c2ccccc21)NCCCC1CCCC1. The summed E-state index contributed by atoms with van der Waals surface area (Å²) in [6, 6.07) is 7.24. The Hall–Kier alpha value is -2.17. The molecule has 23 heavy (non-hydrogen) atoms. The first-order valence-corrected chi connectivity index (χ1v) is 8.45. The van der Waals surface area contributed by atoms with Gasteiger partial charge in [-0.1, -0.05) is 37.8 Å². The van der Waals surface area contributed by atoms with Crippen LogP contribution in [0, 0.1) is 5.92 Å². The van der Waals surface area contributed by atoms with Crippen molar-refractivity contribution in [3.63, 3.8) is 0 Å². The Morgan fingerprint density at radius 2 is 2.04 bits per heavy atom. The van der Waals surface area contributed by atoms with Crippen molar-refractivity contribution in [1.82, 2.24) is 15.1 Å². The number of hydrogen-bond donors (Lipinski definition) is 1. The summed E-state index contributed by atoms with van der Waals surface area (Å²) in [4.78, 5) is 23.9. The lowest BCUT2D eigenvalue weighted by Crippen LogP contribution is -2.30. The molecular weight excluding hydrogens is 290 g/mol. The van der Waals surface area contributed by atoms with Gasteiger partial charge in [-0.3, -0.25) is 14.3 Å². The second-order valence-electron chi connectivity index (χ2n) is 6.33. The summed E-state index contributed by atoms with van der Waals surface area (Å²) in [5.74, 6) is 0.800. The number of amides is 1. The van der Waals surface area contributed by atoms with Crippen molar-refractivity contribution in [3.8, 4) is 0 Å². The van der Waals surface area contributed by atoms with E-state index in [0.717, 1.165) is 12.3 Å². The molecule has 1 aliphatic carbocycles. The quantitative estimate of drug-likeness (QED) is 0.833. The summed E-state index contributed by atoms with van der Waals surface area (Å²) >= 11 is 0. The number of aromatic nitrogens is 2. The van der Waals surface area contributed by atoms with Gasteiger partial charge in [-0.15, -0.1) is 0 Å². The van der Waals surface area contributed by atoms with Crippen LogP contribution in [0.1, 0.15) is 38.5 Å². The van der Waals surface area contributed by atoms with Crippen molar-refractivity contribution in [1.29, 1.82) is 0 Å². The number of fused-ring (bicyclic) bond motifs is 1. The molecule has 0 spiro atoms. The summed E-state index contributed by atoms with van der Waals surface area (Å²) in [6.45, 7) is 0.859. The van der Waals surface area contributed by atoms with Gasteiger partial charge in [-0.2, -0.15) is 5.10 Å². The third-order valence-corrected chi connectivity index (χ3v) is 4.64. The van der Waals surface area contributed by atoms with E-state index in [1.54, 1.807) is 10.7 Å². The maximum atomic E-state index is 12.1. The summed E-state index contributed by atoms with van der Waals surface area (Å²) in [5.41, 5.74) is 0.579. The van der Waals surface area contributed by atoms with Crippen LogP contribution in [0.2, 0.25) is 0 Å². The monoisotopic (exact) mass is 313 g/mol. The summed E-state index contributed by atoms with van der Waals surface area (Å²) in [6.07, 6.45) is 8.94. The molecule has 1 saturated carbocycles. The van der Waals surface area contributed by atoms with Crippen LogP contribution in [-0.4, -0.2) is 22.2 Å². The molecule has 5 heteroatoms. The number of carbonyl (C=O) groups excluding carboxylic acids is 1. The molecular formula is C18H23N3O2. The second kappa shape index (κ2) is 7.40. The Labute approximate surface area is 135 Å². The molecule has 1 N–H and O–H groups in total. The molecule has 0 saturated heterocycles. The highest BCUT2D eigenvalue weighted by Gasteiger charge is 2.14. The van der Waals surface area contributed by atoms with Crippen LogP contribution in [0.3, 0.4) is 0 Å². The number of benzene rings is 1. The molecule has 0 atom stereocenters. The molecule has 1 heterocycles. The average Bonchev–Trinajstić information content (AvgIpc) is 3.08. The van der Waals surface area contributed by atoms with Crippen molar-refractivity contribution in [2.75, 3.05) is 6.54 Å². The Morgan fingerprint density at radius 3 is 2.87 bits per heavy atom. The van der Waals surface area contributed by atoms with Crippen molar-refractivity contribution >= 4 is 16.8 Å². The van der Waals surface area contributed by atoms with Gasteiger partial charge in [0.1, 0.15) is 6.54 Å². The van der Waals surface area contributed by atoms with E-state index in [9.17, 15) is 9.59 Å². The topological polar surface area (TPSA) is 64.0 Å². The van der Waals surface area contributed by atoms with Crippen LogP contribution < -0.4 is 10.7 Å². The summed E-state index contributed by atoms with van der Waals surface area (Å²) in [5, 5.41) is 7.63. The normalized spacial score (nSPS) is 15.1. The number of rotatable bonds is 6. The van der Waals surface area contributed by atoms with Gasteiger partial charge < -0.3 is 5.32 Å². The number of carbonyl (C=O) groups is 1. The largest absolute Gasteiger partial charge is 0.354 e. The minimum absolute atomic E-state index is 0.0577. The molecule has 1 aromatic heterocycles. The fraction of sp³-hybridized carbons (Fsp3) is 0.500. The highest BCUT2D eigenvalue weighted by molar-refractivity contribution is 5.81. The van der Waals surface area contributed by atoms with Crippen molar-refractivity contribution in [3.05, 3.63) is 40.7 Å². The molecule has 1 aliphatic rings. The third kappa shape index (κ3) is 3.97. The molecule has 0 bridgehead atoms. The van der Waals surface area contributed by atoms with E-state index in [4.69, 9.17) is 0 Å². The van der Waals surface area contributed by atoms with Gasteiger partial charge in [0.2, 0.25) is 11.3 Å². The molecule has 122 valence electrons. The van der Waals surface area contributed by atoms with E-state index >= 15 is 0 Å². The zero-order valence-electron chi connectivity index (χ0n) is 13.3. The average molecular weight is 313 g/mol. The maximum absolute atomic E-state index is 12.1. The predicted octanol–water partition coefficient (Wildman–Crippen LogP) is 2.48. The van der Waals surface area contributed by atoms with Crippen LogP contribution in [0.4, 0.5) is 0 Å². The van der Waals surface area contributed by atoms with E-state index in [2.05, 4.69) is 10.4 Å². The van der Waals surface area contributed by atoms with Gasteiger partial charge in [0.25, 0.3) is 0 Å². The molecule has 2 aromatic rings. The first-order valence-electron chi connectivity index (χ1n) is 8.45. The smallest absolute Gasteiger partial charge is 0.241 e. The predicted molar refractivity (Wildman–Crippen MR) is 90.2 cm³/mol. The molecule has 5 nitrogen and oxygen atoms in total. The van der Waals surface area contributed by atoms with Crippen LogP contribution in [-0.2, 0) is 11.3 Å². The molecule has 3 rings (SSSR count). The highest BCUT2D eigenvalue weighted by Crippen LogP contribution is 2.28. The number of hydrogen-bond acceptors (Lipinski definition) is 3. The Morgan fingerprint density at radius 1 is 1.26 bits per heavy atom. The molecule has 1 fully saturated rings. The fourth-order valence-electron chi connectivity index (χ4n) is 3.40. The van der Waals surface area contributed by atoms with Crippen LogP contribution in [0.25, 0.3) is 10.9 Å². The van der Waals surface area contributed by atoms with Crippen molar-refractivity contribution < 1.29 is 4.79 Å². The van der Waals surface area contributed by atoms with Crippen LogP contribution >= 0.6 is 0 Å². The summed E-state index contributed by atoms with van der Waals surface area (Å²) in [7, 11) is 0. The lowest BCUT2D eigenvalue weighted by molar-refractivity contribution is -0.121. The fourth-order valence-corrected chi connectivity index (χ4v) is 3.40. The van der Waals surface area contributed by atoms with Gasteiger partial charge in [-0.25, -0.2) is 0 Å². The van der Waals surface area contributed by atoms with Crippen LogP contribution in [0.5, 0.6) is 0 Å². The Balaban J connectivity index is 1.53. The van der Waals surface area contributed by atoms with Crippen LogP contribution in [0.15, 0.2) is 35.3 Å². The van der Waals surface area contributed by atoms with Gasteiger partial charge in [0, 0.05) is 11.9 Å².